The van der Waals surface area contributed by atoms with Gasteiger partial charge >= 0.3 is 6.09 Å². The summed E-state index contributed by atoms with van der Waals surface area (Å²) in [5, 5.41) is 4.18. The Labute approximate surface area is 156 Å². The van der Waals surface area contributed by atoms with Crippen LogP contribution in [-0.2, 0) is 23.1 Å². The molecular weight excluding hydrogens is 332 g/mol. The van der Waals surface area contributed by atoms with Crippen LogP contribution >= 0.6 is 0 Å². The number of carbonyl (C=O) groups excluding carboxylic acids is 2. The Morgan fingerprint density at radius 1 is 1.38 bits per heavy atom. The molecule has 1 unspecified atom stereocenters. The maximum absolute atomic E-state index is 13.1. The number of hydrogen-bond acceptors (Lipinski definition) is 4. The van der Waals surface area contributed by atoms with Crippen LogP contribution in [0.1, 0.15) is 53.0 Å². The van der Waals surface area contributed by atoms with E-state index in [-0.39, 0.29) is 24.0 Å². The van der Waals surface area contributed by atoms with Gasteiger partial charge in [0, 0.05) is 44.5 Å². The Kier molecular flexibility index (Phi) is 6.31. The van der Waals surface area contributed by atoms with Crippen LogP contribution in [0.25, 0.3) is 0 Å². The Balaban J connectivity index is 2.04. The molecular formula is C19H32N4O3. The van der Waals surface area contributed by atoms with Crippen LogP contribution in [-0.4, -0.2) is 56.3 Å². The second-order valence-electron chi connectivity index (χ2n) is 8.35. The Morgan fingerprint density at radius 2 is 2.08 bits per heavy atom. The van der Waals surface area contributed by atoms with E-state index in [0.29, 0.717) is 19.6 Å². The first-order valence-electron chi connectivity index (χ1n) is 9.32. The molecule has 2 heterocycles. The third-order valence-electron chi connectivity index (χ3n) is 4.44. The minimum atomic E-state index is -0.529. The molecule has 0 aromatic carbocycles. The van der Waals surface area contributed by atoms with Crippen LogP contribution in [0.2, 0.25) is 0 Å². The number of amides is 2. The minimum absolute atomic E-state index is 0.0830. The molecule has 0 saturated carbocycles. The topological polar surface area (TPSA) is 67.7 Å². The van der Waals surface area contributed by atoms with Crippen molar-refractivity contribution in [2.75, 3.05) is 13.1 Å². The summed E-state index contributed by atoms with van der Waals surface area (Å²) < 4.78 is 7.20. The van der Waals surface area contributed by atoms with Gasteiger partial charge in [-0.1, -0.05) is 0 Å². The molecule has 0 radical (unpaired) electrons. The normalized spacial score (nSPS) is 18.1. The standard InChI is InChI=1S/C19H32N4O3/c1-14(2)23(12-15-10-20-21(6)11-15)17(24)16-8-7-9-22(13-16)18(25)26-19(3,4)5/h10-11,14,16H,7-9,12-13H2,1-6H3. The zero-order chi connectivity index (χ0) is 19.5. The zero-order valence-electron chi connectivity index (χ0n) is 16.9. The molecule has 0 N–H and O–H groups in total. The van der Waals surface area contributed by atoms with Crippen LogP contribution in [0.3, 0.4) is 0 Å². The van der Waals surface area contributed by atoms with Crippen molar-refractivity contribution < 1.29 is 14.3 Å². The highest BCUT2D eigenvalue weighted by Crippen LogP contribution is 2.23. The lowest BCUT2D eigenvalue weighted by molar-refractivity contribution is -0.139. The monoisotopic (exact) mass is 364 g/mol. The molecule has 1 aromatic heterocycles. The fraction of sp³-hybridized carbons (Fsp3) is 0.737. The van der Waals surface area contributed by atoms with Crippen LogP contribution in [0.15, 0.2) is 12.4 Å². The van der Waals surface area contributed by atoms with E-state index in [9.17, 15) is 9.59 Å². The number of aryl methyl sites for hydroxylation is 1. The van der Waals surface area contributed by atoms with Gasteiger partial charge < -0.3 is 14.5 Å². The molecule has 26 heavy (non-hydrogen) atoms. The lowest BCUT2D eigenvalue weighted by Gasteiger charge is -2.37. The average Bonchev–Trinajstić information content (AvgIpc) is 2.95. The number of aromatic nitrogens is 2. The van der Waals surface area contributed by atoms with Gasteiger partial charge in [0.2, 0.25) is 5.91 Å². The first-order valence-corrected chi connectivity index (χ1v) is 9.32. The van der Waals surface area contributed by atoms with E-state index in [2.05, 4.69) is 5.10 Å². The van der Waals surface area contributed by atoms with Crippen LogP contribution < -0.4 is 0 Å². The van der Waals surface area contributed by atoms with Crippen molar-refractivity contribution in [3.05, 3.63) is 18.0 Å². The molecule has 2 amide bonds. The van der Waals surface area contributed by atoms with E-state index in [0.717, 1.165) is 18.4 Å². The molecule has 1 aliphatic rings. The fourth-order valence-electron chi connectivity index (χ4n) is 3.17. The highest BCUT2D eigenvalue weighted by molar-refractivity contribution is 5.80. The lowest BCUT2D eigenvalue weighted by Crippen LogP contribution is -2.49. The minimum Gasteiger partial charge on any atom is -0.444 e. The highest BCUT2D eigenvalue weighted by Gasteiger charge is 2.34. The van der Waals surface area contributed by atoms with E-state index in [1.54, 1.807) is 15.8 Å². The fourth-order valence-corrected chi connectivity index (χ4v) is 3.17. The number of ether oxygens (including phenoxy) is 1. The quantitative estimate of drug-likeness (QED) is 0.824. The molecule has 7 heteroatoms. The molecule has 0 spiro atoms. The number of rotatable bonds is 4. The molecule has 1 saturated heterocycles. The smallest absolute Gasteiger partial charge is 0.410 e. The van der Waals surface area contributed by atoms with Gasteiger partial charge in [-0.2, -0.15) is 5.10 Å². The van der Waals surface area contributed by atoms with Crippen molar-refractivity contribution in [2.45, 2.75) is 65.6 Å². The predicted molar refractivity (Wildman–Crippen MR) is 99.4 cm³/mol. The number of piperidine rings is 1. The van der Waals surface area contributed by atoms with Gasteiger partial charge in [-0.25, -0.2) is 4.79 Å². The summed E-state index contributed by atoms with van der Waals surface area (Å²) >= 11 is 0. The maximum atomic E-state index is 13.1. The summed E-state index contributed by atoms with van der Waals surface area (Å²) in [5.41, 5.74) is 0.479. The van der Waals surface area contributed by atoms with E-state index in [1.807, 2.05) is 52.8 Å². The van der Waals surface area contributed by atoms with Crippen molar-refractivity contribution in [3.8, 4) is 0 Å². The summed E-state index contributed by atoms with van der Waals surface area (Å²) in [6.07, 6.45) is 4.99. The van der Waals surface area contributed by atoms with Crippen LogP contribution in [0.5, 0.6) is 0 Å². The number of nitrogens with zero attached hydrogens (tertiary/aromatic N) is 4. The third-order valence-corrected chi connectivity index (χ3v) is 4.44. The molecule has 0 aliphatic carbocycles. The Morgan fingerprint density at radius 3 is 2.62 bits per heavy atom. The van der Waals surface area contributed by atoms with Crippen molar-refractivity contribution in [2.24, 2.45) is 13.0 Å². The second-order valence-corrected chi connectivity index (χ2v) is 8.35. The first-order chi connectivity index (χ1) is 12.1. The van der Waals surface area contributed by atoms with Crippen molar-refractivity contribution in [1.82, 2.24) is 19.6 Å². The van der Waals surface area contributed by atoms with E-state index in [4.69, 9.17) is 4.74 Å². The van der Waals surface area contributed by atoms with Crippen molar-refractivity contribution in [1.29, 1.82) is 0 Å². The Bertz CT molecular complexity index is 633. The van der Waals surface area contributed by atoms with Gasteiger partial charge in [0.25, 0.3) is 0 Å². The van der Waals surface area contributed by atoms with Gasteiger partial charge in [-0.05, 0) is 47.5 Å². The largest absolute Gasteiger partial charge is 0.444 e. The van der Waals surface area contributed by atoms with E-state index in [1.165, 1.54) is 0 Å². The maximum Gasteiger partial charge on any atom is 0.410 e. The molecule has 2 rings (SSSR count). The second kappa shape index (κ2) is 8.10. The average molecular weight is 364 g/mol. The molecule has 7 nitrogen and oxygen atoms in total. The van der Waals surface area contributed by atoms with E-state index < -0.39 is 5.60 Å². The van der Waals surface area contributed by atoms with Crippen molar-refractivity contribution in [3.63, 3.8) is 0 Å². The predicted octanol–water partition coefficient (Wildman–Crippen LogP) is 2.80. The van der Waals surface area contributed by atoms with Gasteiger partial charge in [0.1, 0.15) is 5.60 Å². The Hall–Kier alpha value is -2.05. The molecule has 1 aromatic rings. The molecule has 1 fully saturated rings. The zero-order valence-corrected chi connectivity index (χ0v) is 16.9. The first kappa shape index (κ1) is 20.3. The van der Waals surface area contributed by atoms with Gasteiger partial charge in [-0.15, -0.1) is 0 Å². The number of carbonyl (C=O) groups is 2. The summed E-state index contributed by atoms with van der Waals surface area (Å²) in [6, 6.07) is 0.0830. The molecule has 146 valence electrons. The summed E-state index contributed by atoms with van der Waals surface area (Å²) in [5.74, 6) is -0.0903. The van der Waals surface area contributed by atoms with E-state index >= 15 is 0 Å². The number of likely N-dealkylation sites (tertiary alicyclic amines) is 1. The van der Waals surface area contributed by atoms with Gasteiger partial charge in [0.15, 0.2) is 0 Å². The third kappa shape index (κ3) is 5.47. The van der Waals surface area contributed by atoms with Crippen LogP contribution in [0, 0.1) is 5.92 Å². The summed E-state index contributed by atoms with van der Waals surface area (Å²) in [7, 11) is 1.87. The van der Waals surface area contributed by atoms with Gasteiger partial charge in [-0.3, -0.25) is 9.48 Å². The molecule has 1 atom stereocenters. The lowest BCUT2D eigenvalue weighted by atomic mass is 9.96. The molecule has 0 bridgehead atoms. The summed E-state index contributed by atoms with van der Waals surface area (Å²) in [4.78, 5) is 29.0. The molecule has 1 aliphatic heterocycles. The van der Waals surface area contributed by atoms with Crippen LogP contribution in [0.4, 0.5) is 4.79 Å². The van der Waals surface area contributed by atoms with Crippen molar-refractivity contribution >= 4 is 12.0 Å². The number of hydrogen-bond donors (Lipinski definition) is 0. The highest BCUT2D eigenvalue weighted by atomic mass is 16.6. The SMILES string of the molecule is CC(C)N(Cc1cnn(C)c1)C(=O)C1CCCN(C(=O)OC(C)(C)C)C1. The summed E-state index contributed by atoms with van der Waals surface area (Å²) in [6.45, 7) is 11.2. The van der Waals surface area contributed by atoms with Gasteiger partial charge in [0.05, 0.1) is 12.1 Å².